The summed E-state index contributed by atoms with van der Waals surface area (Å²) >= 11 is 0. The number of hydrogen-bond donors (Lipinski definition) is 2. The van der Waals surface area contributed by atoms with Crippen LogP contribution in [-0.4, -0.2) is 102 Å². The maximum Gasteiger partial charge on any atom is 0.277 e. The van der Waals surface area contributed by atoms with Gasteiger partial charge >= 0.3 is 0 Å². The van der Waals surface area contributed by atoms with E-state index in [9.17, 15) is 14.3 Å². The molecular formula is C22H30FN5O4. The first-order chi connectivity index (χ1) is 15.5. The van der Waals surface area contributed by atoms with Crippen LogP contribution in [0.15, 0.2) is 34.9 Å². The van der Waals surface area contributed by atoms with Gasteiger partial charge in [0.05, 0.1) is 25.9 Å². The number of carbonyl (C=O) groups is 1. The summed E-state index contributed by atoms with van der Waals surface area (Å²) in [4.78, 5) is 23.3. The molecule has 0 radical (unpaired) electrons. The molecule has 0 bridgehead atoms. The van der Waals surface area contributed by atoms with Gasteiger partial charge in [-0.2, -0.15) is 0 Å². The van der Waals surface area contributed by atoms with Crippen molar-refractivity contribution in [3.63, 3.8) is 0 Å². The Morgan fingerprint density at radius 2 is 1.78 bits per heavy atom. The number of halogens is 1. The van der Waals surface area contributed by atoms with Crippen molar-refractivity contribution in [2.75, 3.05) is 70.9 Å². The van der Waals surface area contributed by atoms with Crippen molar-refractivity contribution in [1.82, 2.24) is 19.7 Å². The second kappa shape index (κ2) is 11.0. The zero-order chi connectivity index (χ0) is 22.3. The first-order valence-corrected chi connectivity index (χ1v) is 11.0. The molecule has 2 aromatic rings. The fourth-order valence-corrected chi connectivity index (χ4v) is 4.01. The van der Waals surface area contributed by atoms with E-state index in [0.717, 1.165) is 52.5 Å². The van der Waals surface area contributed by atoms with E-state index in [1.807, 2.05) is 0 Å². The highest BCUT2D eigenvalue weighted by Crippen LogP contribution is 2.13. The Morgan fingerprint density at radius 1 is 1.09 bits per heavy atom. The highest BCUT2D eigenvalue weighted by molar-refractivity contribution is 6.02. The van der Waals surface area contributed by atoms with Gasteiger partial charge in [0.2, 0.25) is 5.89 Å². The Balaban J connectivity index is 1.19. The summed E-state index contributed by atoms with van der Waals surface area (Å²) in [5.41, 5.74) is 0.528. The lowest BCUT2D eigenvalue weighted by atomic mass is 10.2. The van der Waals surface area contributed by atoms with E-state index in [4.69, 9.17) is 9.15 Å². The Labute approximate surface area is 186 Å². The lowest BCUT2D eigenvalue weighted by Gasteiger charge is -2.36. The minimum atomic E-state index is -0.440. The maximum absolute atomic E-state index is 13.3. The van der Waals surface area contributed by atoms with Crippen LogP contribution >= 0.6 is 0 Å². The van der Waals surface area contributed by atoms with Crippen molar-refractivity contribution in [2.24, 2.45) is 0 Å². The van der Waals surface area contributed by atoms with Crippen molar-refractivity contribution in [2.45, 2.75) is 12.6 Å². The number of oxazole rings is 1. The van der Waals surface area contributed by atoms with Crippen LogP contribution in [0.1, 0.15) is 16.4 Å². The molecule has 0 spiro atoms. The lowest BCUT2D eigenvalue weighted by Crippen LogP contribution is -2.50. The predicted molar refractivity (Wildman–Crippen MR) is 116 cm³/mol. The zero-order valence-corrected chi connectivity index (χ0v) is 18.1. The second-order valence-electron chi connectivity index (χ2n) is 8.23. The molecule has 1 aromatic heterocycles. The number of rotatable bonds is 8. The molecular weight excluding hydrogens is 417 g/mol. The molecule has 32 heavy (non-hydrogen) atoms. The maximum atomic E-state index is 13.3. The number of aromatic nitrogens is 1. The minimum Gasteiger partial charge on any atom is -0.447 e. The molecule has 4 rings (SSSR count). The van der Waals surface area contributed by atoms with Crippen LogP contribution in [0.25, 0.3) is 0 Å². The second-order valence-corrected chi connectivity index (χ2v) is 8.23. The number of anilines is 1. The van der Waals surface area contributed by atoms with Crippen molar-refractivity contribution in [1.29, 1.82) is 0 Å². The molecule has 10 heteroatoms. The van der Waals surface area contributed by atoms with Gasteiger partial charge in [0, 0.05) is 58.0 Å². The van der Waals surface area contributed by atoms with Gasteiger partial charge in [0.1, 0.15) is 12.1 Å². The smallest absolute Gasteiger partial charge is 0.277 e. The van der Waals surface area contributed by atoms with Crippen LogP contribution in [0.4, 0.5) is 10.1 Å². The number of ether oxygens (including phenoxy) is 1. The molecule has 0 unspecified atom stereocenters. The standard InChI is InChI=1S/C22H30FN5O4/c23-17-2-1-3-18(12-17)24-22(30)20-16-32-21(25-20)15-27-6-4-26(5-7-27)13-19(29)14-28-8-10-31-11-9-28/h1-3,12,16,19,29H,4-11,13-15H2,(H,24,30)/t19-/m1/s1. The summed E-state index contributed by atoms with van der Waals surface area (Å²) in [7, 11) is 0. The summed E-state index contributed by atoms with van der Waals surface area (Å²) < 4.78 is 24.1. The number of carbonyl (C=O) groups excluding carboxylic acids is 1. The number of aliphatic hydroxyl groups excluding tert-OH is 1. The number of β-amino-alcohol motifs (C(OH)–C–C–N with tert-alkyl or cyclic N) is 1. The first kappa shape index (κ1) is 22.8. The summed E-state index contributed by atoms with van der Waals surface area (Å²) in [5.74, 6) is -0.392. The monoisotopic (exact) mass is 447 g/mol. The SMILES string of the molecule is O=C(Nc1cccc(F)c1)c1coc(CN2CCN(C[C@@H](O)CN3CCOCC3)CC2)n1. The number of morpholine rings is 1. The summed E-state index contributed by atoms with van der Waals surface area (Å²) in [6.45, 7) is 8.45. The molecule has 9 nitrogen and oxygen atoms in total. The Bertz CT molecular complexity index is 881. The van der Waals surface area contributed by atoms with Gasteiger partial charge in [-0.15, -0.1) is 0 Å². The van der Waals surface area contributed by atoms with Crippen LogP contribution in [0, 0.1) is 5.82 Å². The summed E-state index contributed by atoms with van der Waals surface area (Å²) in [6.07, 6.45) is 0.952. The number of benzene rings is 1. The van der Waals surface area contributed by atoms with Crippen molar-refractivity contribution >= 4 is 11.6 Å². The highest BCUT2D eigenvalue weighted by Gasteiger charge is 2.23. The third kappa shape index (κ3) is 6.57. The van der Waals surface area contributed by atoms with E-state index in [1.165, 1.54) is 24.5 Å². The molecule has 2 aliphatic heterocycles. The molecule has 2 saturated heterocycles. The number of nitrogens with one attached hydrogen (secondary N) is 1. The van der Waals surface area contributed by atoms with E-state index in [-0.39, 0.29) is 11.8 Å². The molecule has 174 valence electrons. The lowest BCUT2D eigenvalue weighted by molar-refractivity contribution is 0.00187. The minimum absolute atomic E-state index is 0.161. The number of amides is 1. The molecule has 2 N–H and O–H groups in total. The first-order valence-electron chi connectivity index (χ1n) is 11.0. The van der Waals surface area contributed by atoms with Gasteiger partial charge in [-0.25, -0.2) is 9.37 Å². The van der Waals surface area contributed by atoms with Crippen LogP contribution in [0.2, 0.25) is 0 Å². The van der Waals surface area contributed by atoms with Gasteiger partial charge in [-0.05, 0) is 18.2 Å². The summed E-state index contributed by atoms with van der Waals surface area (Å²) in [5, 5.41) is 13.0. The number of hydrogen-bond acceptors (Lipinski definition) is 8. The fraction of sp³-hybridized carbons (Fsp3) is 0.545. The van der Waals surface area contributed by atoms with E-state index < -0.39 is 11.7 Å². The summed E-state index contributed by atoms with van der Waals surface area (Å²) in [6, 6.07) is 5.70. The molecule has 1 atom stereocenters. The molecule has 1 aromatic carbocycles. The van der Waals surface area contributed by atoms with Crippen LogP contribution in [0.3, 0.4) is 0 Å². The van der Waals surface area contributed by atoms with Crippen molar-refractivity contribution < 1.29 is 23.4 Å². The average Bonchev–Trinajstić information content (AvgIpc) is 3.24. The quantitative estimate of drug-likeness (QED) is 0.616. The van der Waals surface area contributed by atoms with Gasteiger partial charge in [-0.1, -0.05) is 6.07 Å². The van der Waals surface area contributed by atoms with Crippen molar-refractivity contribution in [3.05, 3.63) is 47.9 Å². The number of aliphatic hydroxyl groups is 1. The van der Waals surface area contributed by atoms with Gasteiger partial charge in [0.25, 0.3) is 5.91 Å². The third-order valence-electron chi connectivity index (χ3n) is 5.73. The molecule has 2 aliphatic rings. The normalized spacial score (nSPS) is 19.7. The van der Waals surface area contributed by atoms with Crippen LogP contribution in [0.5, 0.6) is 0 Å². The van der Waals surface area contributed by atoms with E-state index in [2.05, 4.69) is 25.0 Å². The topological polar surface area (TPSA) is 94.3 Å². The van der Waals surface area contributed by atoms with Gasteiger partial charge in [-0.3, -0.25) is 19.5 Å². The van der Waals surface area contributed by atoms with Gasteiger partial charge < -0.3 is 19.6 Å². The predicted octanol–water partition coefficient (Wildman–Crippen LogP) is 0.877. The van der Waals surface area contributed by atoms with E-state index >= 15 is 0 Å². The third-order valence-corrected chi connectivity index (χ3v) is 5.73. The van der Waals surface area contributed by atoms with E-state index in [1.54, 1.807) is 6.07 Å². The zero-order valence-electron chi connectivity index (χ0n) is 18.1. The van der Waals surface area contributed by atoms with Crippen LogP contribution in [-0.2, 0) is 11.3 Å². The molecule has 0 aliphatic carbocycles. The Morgan fingerprint density at radius 3 is 2.50 bits per heavy atom. The van der Waals surface area contributed by atoms with E-state index in [0.29, 0.717) is 31.2 Å². The van der Waals surface area contributed by atoms with Crippen LogP contribution < -0.4 is 5.32 Å². The average molecular weight is 448 g/mol. The molecule has 1 amide bonds. The van der Waals surface area contributed by atoms with Gasteiger partial charge in [0.15, 0.2) is 5.69 Å². The van der Waals surface area contributed by atoms with Crippen molar-refractivity contribution in [3.8, 4) is 0 Å². The Hall–Kier alpha value is -2.37. The molecule has 3 heterocycles. The number of piperazine rings is 1. The largest absolute Gasteiger partial charge is 0.447 e. The highest BCUT2D eigenvalue weighted by atomic mass is 19.1. The molecule has 0 saturated carbocycles. The molecule has 2 fully saturated rings. The number of nitrogens with zero attached hydrogens (tertiary/aromatic N) is 4. The fourth-order valence-electron chi connectivity index (χ4n) is 4.01. The Kier molecular flexibility index (Phi) is 7.82.